The maximum atomic E-state index is 11.5. The summed E-state index contributed by atoms with van der Waals surface area (Å²) in [5, 5.41) is 14.5. The normalized spacial score (nSPS) is 25.3. The molecule has 1 saturated heterocycles. The molecule has 0 radical (unpaired) electrons. The second kappa shape index (κ2) is 5.92. The third kappa shape index (κ3) is 2.57. The van der Waals surface area contributed by atoms with Crippen molar-refractivity contribution in [2.75, 3.05) is 23.8 Å². The van der Waals surface area contributed by atoms with E-state index in [2.05, 4.69) is 10.2 Å². The third-order valence-corrected chi connectivity index (χ3v) is 5.02. The first kappa shape index (κ1) is 14.2. The summed E-state index contributed by atoms with van der Waals surface area (Å²) in [5.74, 6) is 0.713. The molecule has 0 bridgehead atoms. The van der Waals surface area contributed by atoms with Crippen LogP contribution >= 0.6 is 0 Å². The van der Waals surface area contributed by atoms with E-state index in [0.717, 1.165) is 18.7 Å². The van der Waals surface area contributed by atoms with Crippen LogP contribution in [0.2, 0.25) is 0 Å². The molecule has 1 aliphatic heterocycles. The van der Waals surface area contributed by atoms with Gasteiger partial charge in [0.25, 0.3) is 0 Å². The van der Waals surface area contributed by atoms with E-state index in [1.807, 2.05) is 12.1 Å². The zero-order chi connectivity index (χ0) is 14.8. The number of hydrogen-bond acceptors (Lipinski definition) is 4. The molecular weight excluding hydrogens is 266 g/mol. The quantitative estimate of drug-likeness (QED) is 0.679. The number of piperidine rings is 1. The Morgan fingerprint density at radius 3 is 2.76 bits per heavy atom. The molecule has 0 spiro atoms. The molecule has 1 aromatic rings. The van der Waals surface area contributed by atoms with Crippen molar-refractivity contribution in [3.8, 4) is 0 Å². The average molecular weight is 289 g/mol. The van der Waals surface area contributed by atoms with Crippen LogP contribution in [0, 0.1) is 16.0 Å². The minimum absolute atomic E-state index is 0.228. The van der Waals surface area contributed by atoms with Crippen molar-refractivity contribution in [2.45, 2.75) is 44.6 Å². The van der Waals surface area contributed by atoms with Crippen molar-refractivity contribution in [1.82, 2.24) is 0 Å². The second-order valence-corrected chi connectivity index (χ2v) is 6.13. The fraction of sp³-hybridized carbons (Fsp3) is 0.625. The predicted molar refractivity (Wildman–Crippen MR) is 85.0 cm³/mol. The van der Waals surface area contributed by atoms with E-state index in [1.165, 1.54) is 32.1 Å². The molecule has 1 saturated carbocycles. The molecule has 5 heteroatoms. The van der Waals surface area contributed by atoms with Crippen LogP contribution in [-0.2, 0) is 0 Å². The molecule has 21 heavy (non-hydrogen) atoms. The van der Waals surface area contributed by atoms with Crippen LogP contribution in [0.25, 0.3) is 0 Å². The van der Waals surface area contributed by atoms with Gasteiger partial charge in [0.15, 0.2) is 0 Å². The average Bonchev–Trinajstić information content (AvgIpc) is 2.53. The number of hydrogen-bond donors (Lipinski definition) is 1. The molecule has 2 fully saturated rings. The van der Waals surface area contributed by atoms with Crippen molar-refractivity contribution in [3.05, 3.63) is 28.3 Å². The predicted octanol–water partition coefficient (Wildman–Crippen LogP) is 3.80. The molecule has 2 unspecified atom stereocenters. The van der Waals surface area contributed by atoms with Gasteiger partial charge in [0, 0.05) is 19.6 Å². The van der Waals surface area contributed by atoms with Crippen molar-refractivity contribution < 1.29 is 4.92 Å². The van der Waals surface area contributed by atoms with Crippen molar-refractivity contribution in [2.24, 2.45) is 5.92 Å². The smallest absolute Gasteiger partial charge is 0.315 e. The van der Waals surface area contributed by atoms with Crippen LogP contribution in [0.4, 0.5) is 17.1 Å². The molecule has 114 valence electrons. The second-order valence-electron chi connectivity index (χ2n) is 6.13. The largest absolute Gasteiger partial charge is 0.382 e. The van der Waals surface area contributed by atoms with Gasteiger partial charge in [-0.3, -0.25) is 10.1 Å². The van der Waals surface area contributed by atoms with Gasteiger partial charge in [-0.15, -0.1) is 0 Å². The summed E-state index contributed by atoms with van der Waals surface area (Å²) in [6, 6.07) is 6.10. The molecule has 2 atom stereocenters. The van der Waals surface area contributed by atoms with E-state index in [-0.39, 0.29) is 10.6 Å². The van der Waals surface area contributed by atoms with Crippen LogP contribution in [-0.4, -0.2) is 24.6 Å². The highest BCUT2D eigenvalue weighted by atomic mass is 16.6. The van der Waals surface area contributed by atoms with Crippen LogP contribution < -0.4 is 10.2 Å². The minimum Gasteiger partial charge on any atom is -0.382 e. The van der Waals surface area contributed by atoms with Gasteiger partial charge in [0.05, 0.1) is 4.92 Å². The van der Waals surface area contributed by atoms with E-state index in [1.54, 1.807) is 13.1 Å². The van der Waals surface area contributed by atoms with Gasteiger partial charge in [-0.1, -0.05) is 18.9 Å². The highest BCUT2D eigenvalue weighted by Crippen LogP contribution is 2.42. The lowest BCUT2D eigenvalue weighted by molar-refractivity contribution is -0.383. The van der Waals surface area contributed by atoms with E-state index in [0.29, 0.717) is 17.6 Å². The van der Waals surface area contributed by atoms with Gasteiger partial charge in [-0.2, -0.15) is 0 Å². The number of benzene rings is 1. The fourth-order valence-electron chi connectivity index (χ4n) is 4.08. The summed E-state index contributed by atoms with van der Waals surface area (Å²) < 4.78 is 0. The summed E-state index contributed by atoms with van der Waals surface area (Å²) in [7, 11) is 1.74. The van der Waals surface area contributed by atoms with Crippen LogP contribution in [0.5, 0.6) is 0 Å². The van der Waals surface area contributed by atoms with E-state index >= 15 is 0 Å². The lowest BCUT2D eigenvalue weighted by Gasteiger charge is -2.45. The Kier molecular flexibility index (Phi) is 3.99. The molecule has 1 aromatic carbocycles. The van der Waals surface area contributed by atoms with Gasteiger partial charge in [0.2, 0.25) is 0 Å². The highest BCUT2D eigenvalue weighted by Gasteiger charge is 2.36. The fourth-order valence-corrected chi connectivity index (χ4v) is 4.08. The summed E-state index contributed by atoms with van der Waals surface area (Å²) in [4.78, 5) is 13.6. The Morgan fingerprint density at radius 1 is 1.24 bits per heavy atom. The third-order valence-electron chi connectivity index (χ3n) is 5.02. The maximum absolute atomic E-state index is 11.5. The zero-order valence-corrected chi connectivity index (χ0v) is 12.5. The van der Waals surface area contributed by atoms with Gasteiger partial charge < -0.3 is 10.2 Å². The molecule has 1 heterocycles. The molecule has 5 nitrogen and oxygen atoms in total. The number of anilines is 2. The van der Waals surface area contributed by atoms with Gasteiger partial charge in [-0.05, 0) is 43.7 Å². The Hall–Kier alpha value is -1.78. The first-order chi connectivity index (χ1) is 10.2. The molecule has 1 aliphatic carbocycles. The van der Waals surface area contributed by atoms with Gasteiger partial charge in [0.1, 0.15) is 11.4 Å². The molecule has 0 amide bonds. The minimum atomic E-state index is -0.242. The number of nitro benzene ring substituents is 1. The Labute approximate surface area is 125 Å². The first-order valence-corrected chi connectivity index (χ1v) is 7.94. The molecular formula is C16H23N3O2. The van der Waals surface area contributed by atoms with Crippen molar-refractivity contribution in [3.63, 3.8) is 0 Å². The monoisotopic (exact) mass is 289 g/mol. The standard InChI is InChI=1S/C16H23N3O2/c1-17-13-8-4-10-15(16(13)19(20)21)18-11-5-7-12-6-2-3-9-14(12)18/h4,8,10,12,14,17H,2-3,5-7,9,11H2,1H3. The zero-order valence-electron chi connectivity index (χ0n) is 12.5. The molecule has 1 N–H and O–H groups in total. The Bertz CT molecular complexity index is 530. The number of para-hydroxylation sites is 1. The molecule has 0 aromatic heterocycles. The first-order valence-electron chi connectivity index (χ1n) is 7.94. The van der Waals surface area contributed by atoms with E-state index in [4.69, 9.17) is 0 Å². The van der Waals surface area contributed by atoms with Crippen molar-refractivity contribution in [1.29, 1.82) is 0 Å². The highest BCUT2D eigenvalue weighted by molar-refractivity contribution is 5.77. The summed E-state index contributed by atoms with van der Waals surface area (Å²) >= 11 is 0. The molecule has 3 rings (SSSR count). The SMILES string of the molecule is CNc1cccc(N2CCCC3CCCCC32)c1[N+](=O)[O-]. The number of nitrogens with zero attached hydrogens (tertiary/aromatic N) is 2. The van der Waals surface area contributed by atoms with Gasteiger partial charge >= 0.3 is 5.69 Å². The molecule has 2 aliphatic rings. The number of fused-ring (bicyclic) bond motifs is 1. The lowest BCUT2D eigenvalue weighted by atomic mass is 9.78. The summed E-state index contributed by atoms with van der Waals surface area (Å²) in [6.07, 6.45) is 7.43. The number of nitrogens with one attached hydrogen (secondary N) is 1. The lowest BCUT2D eigenvalue weighted by Crippen LogP contribution is -2.47. The summed E-state index contributed by atoms with van der Waals surface area (Å²) in [5.41, 5.74) is 1.63. The summed E-state index contributed by atoms with van der Waals surface area (Å²) in [6.45, 7) is 0.940. The van der Waals surface area contributed by atoms with Crippen LogP contribution in [0.15, 0.2) is 18.2 Å². The maximum Gasteiger partial charge on any atom is 0.315 e. The van der Waals surface area contributed by atoms with Crippen molar-refractivity contribution >= 4 is 17.1 Å². The Morgan fingerprint density at radius 2 is 2.00 bits per heavy atom. The van der Waals surface area contributed by atoms with Crippen LogP contribution in [0.3, 0.4) is 0 Å². The Balaban J connectivity index is 2.00. The number of rotatable bonds is 3. The van der Waals surface area contributed by atoms with Crippen LogP contribution in [0.1, 0.15) is 38.5 Å². The number of nitro groups is 1. The van der Waals surface area contributed by atoms with E-state index in [9.17, 15) is 10.1 Å². The van der Waals surface area contributed by atoms with E-state index < -0.39 is 0 Å². The van der Waals surface area contributed by atoms with Gasteiger partial charge in [-0.25, -0.2) is 0 Å². The topological polar surface area (TPSA) is 58.4 Å².